The van der Waals surface area contributed by atoms with Gasteiger partial charge in [-0.05, 0) is 57.2 Å². The Labute approximate surface area is 125 Å². The zero-order valence-corrected chi connectivity index (χ0v) is 12.5. The highest BCUT2D eigenvalue weighted by Gasteiger charge is 2.10. The summed E-state index contributed by atoms with van der Waals surface area (Å²) in [7, 11) is 0. The maximum Gasteiger partial charge on any atom is 0.225 e. The van der Waals surface area contributed by atoms with Crippen LogP contribution in [0, 0.1) is 5.82 Å². The number of fused-ring (bicyclic) bond motifs is 1. The molecule has 1 aromatic carbocycles. The van der Waals surface area contributed by atoms with Crippen molar-refractivity contribution in [1.82, 2.24) is 9.97 Å². The van der Waals surface area contributed by atoms with Crippen LogP contribution in [0.2, 0.25) is 5.28 Å². The summed E-state index contributed by atoms with van der Waals surface area (Å²) in [6.45, 7) is 0. The molecule has 0 fully saturated rings. The molecule has 0 amide bonds. The molecule has 0 radical (unpaired) electrons. The maximum absolute atomic E-state index is 13.3. The molecule has 7 heteroatoms. The molecule has 19 heavy (non-hydrogen) atoms. The Hall–Kier alpha value is -1.24. The van der Waals surface area contributed by atoms with E-state index in [-0.39, 0.29) is 11.1 Å². The molecule has 0 atom stereocenters. The predicted molar refractivity (Wildman–Crippen MR) is 79.8 cm³/mol. The van der Waals surface area contributed by atoms with Gasteiger partial charge in [-0.25, -0.2) is 9.37 Å². The first-order valence-electron chi connectivity index (χ1n) is 5.26. The van der Waals surface area contributed by atoms with Gasteiger partial charge in [-0.2, -0.15) is 4.98 Å². The molecule has 0 saturated carbocycles. The molecule has 1 N–H and O–H groups in total. The Morgan fingerprint density at radius 3 is 2.95 bits per heavy atom. The van der Waals surface area contributed by atoms with Crippen molar-refractivity contribution >= 4 is 60.6 Å². The lowest BCUT2D eigenvalue weighted by atomic mass is 10.3. The van der Waals surface area contributed by atoms with E-state index >= 15 is 0 Å². The van der Waals surface area contributed by atoms with Crippen molar-refractivity contribution in [3.05, 3.63) is 45.2 Å². The summed E-state index contributed by atoms with van der Waals surface area (Å²) in [6, 6.07) is 6.29. The smallest absolute Gasteiger partial charge is 0.225 e. The van der Waals surface area contributed by atoms with Crippen LogP contribution in [0.25, 0.3) is 10.2 Å². The largest absolute Gasteiger partial charge is 0.339 e. The first kappa shape index (κ1) is 12.8. The second kappa shape index (κ2) is 5.03. The van der Waals surface area contributed by atoms with E-state index in [1.165, 1.54) is 23.5 Å². The van der Waals surface area contributed by atoms with Crippen LogP contribution in [-0.2, 0) is 0 Å². The Morgan fingerprint density at radius 2 is 2.11 bits per heavy atom. The van der Waals surface area contributed by atoms with Gasteiger partial charge >= 0.3 is 0 Å². The fraction of sp³-hybridized carbons (Fsp3) is 0. The Bertz CT molecular complexity index is 762. The van der Waals surface area contributed by atoms with Crippen molar-refractivity contribution in [1.29, 1.82) is 0 Å². The third-order valence-electron chi connectivity index (χ3n) is 2.48. The van der Waals surface area contributed by atoms with Gasteiger partial charge in [0.25, 0.3) is 0 Å². The third kappa shape index (κ3) is 2.56. The second-order valence-corrected chi connectivity index (χ2v) is 5.82. The van der Waals surface area contributed by atoms with Gasteiger partial charge < -0.3 is 5.32 Å². The van der Waals surface area contributed by atoms with E-state index in [9.17, 15) is 4.39 Å². The summed E-state index contributed by atoms with van der Waals surface area (Å²) in [5, 5.41) is 5.98. The summed E-state index contributed by atoms with van der Waals surface area (Å²) in [6.07, 6.45) is 0. The Morgan fingerprint density at radius 1 is 1.26 bits per heavy atom. The predicted octanol–water partition coefficient (Wildman–Crippen LogP) is 4.99. The first-order valence-corrected chi connectivity index (χ1v) is 7.31. The molecule has 0 unspecified atom stereocenters. The zero-order chi connectivity index (χ0) is 13.4. The summed E-state index contributed by atoms with van der Waals surface area (Å²) in [5.41, 5.74) is 0.585. The van der Waals surface area contributed by atoms with Gasteiger partial charge in [0, 0.05) is 4.47 Å². The van der Waals surface area contributed by atoms with E-state index in [1.54, 1.807) is 6.07 Å². The number of hydrogen-bond acceptors (Lipinski definition) is 4. The standard InChI is InChI=1S/C12H6BrClFN3S/c13-8-2-1-6(15)5-9(8)16-10-7-3-4-19-11(7)18-12(14)17-10/h1-5H,(H,16,17,18). The molecule has 3 aromatic rings. The normalized spacial score (nSPS) is 10.9. The highest BCUT2D eigenvalue weighted by atomic mass is 79.9. The number of nitrogens with one attached hydrogen (secondary N) is 1. The number of benzene rings is 1. The zero-order valence-electron chi connectivity index (χ0n) is 9.32. The van der Waals surface area contributed by atoms with Crippen LogP contribution in [-0.4, -0.2) is 9.97 Å². The van der Waals surface area contributed by atoms with E-state index in [2.05, 4.69) is 31.2 Å². The van der Waals surface area contributed by atoms with Crippen molar-refractivity contribution in [2.24, 2.45) is 0 Å². The fourth-order valence-corrected chi connectivity index (χ4v) is 2.97. The molecule has 2 aromatic heterocycles. The molecule has 0 aliphatic heterocycles. The highest BCUT2D eigenvalue weighted by molar-refractivity contribution is 9.10. The van der Waals surface area contributed by atoms with E-state index in [1.807, 2.05) is 11.4 Å². The fourth-order valence-electron chi connectivity index (χ4n) is 1.65. The van der Waals surface area contributed by atoms with Gasteiger partial charge in [-0.15, -0.1) is 11.3 Å². The van der Waals surface area contributed by atoms with Crippen LogP contribution in [0.4, 0.5) is 15.9 Å². The number of rotatable bonds is 2. The SMILES string of the molecule is Fc1ccc(Br)c(Nc2nc(Cl)nc3sccc23)c1. The van der Waals surface area contributed by atoms with Crippen LogP contribution < -0.4 is 5.32 Å². The van der Waals surface area contributed by atoms with E-state index in [0.717, 1.165) is 14.7 Å². The van der Waals surface area contributed by atoms with Gasteiger partial charge in [0.2, 0.25) is 5.28 Å². The van der Waals surface area contributed by atoms with Crippen LogP contribution in [0.1, 0.15) is 0 Å². The Balaban J connectivity index is 2.10. The van der Waals surface area contributed by atoms with Gasteiger partial charge in [0.15, 0.2) is 0 Å². The van der Waals surface area contributed by atoms with Gasteiger partial charge in [-0.3, -0.25) is 0 Å². The van der Waals surface area contributed by atoms with Crippen molar-refractivity contribution in [2.75, 3.05) is 5.32 Å². The second-order valence-electron chi connectivity index (χ2n) is 3.73. The van der Waals surface area contributed by atoms with Crippen LogP contribution >= 0.6 is 38.9 Å². The average Bonchev–Trinajstić information content (AvgIpc) is 2.82. The molecule has 2 heterocycles. The topological polar surface area (TPSA) is 37.8 Å². The monoisotopic (exact) mass is 357 g/mol. The minimum Gasteiger partial charge on any atom is -0.339 e. The summed E-state index contributed by atoms with van der Waals surface area (Å²) in [5.74, 6) is 0.231. The third-order valence-corrected chi connectivity index (χ3v) is 4.15. The summed E-state index contributed by atoms with van der Waals surface area (Å²) in [4.78, 5) is 9.06. The molecular formula is C12H6BrClFN3S. The molecule has 96 valence electrons. The van der Waals surface area contributed by atoms with Crippen LogP contribution in [0.15, 0.2) is 34.1 Å². The molecular weight excluding hydrogens is 353 g/mol. The van der Waals surface area contributed by atoms with Crippen LogP contribution in [0.5, 0.6) is 0 Å². The lowest BCUT2D eigenvalue weighted by molar-refractivity contribution is 0.628. The maximum atomic E-state index is 13.3. The quantitative estimate of drug-likeness (QED) is 0.656. The number of hydrogen-bond donors (Lipinski definition) is 1. The minimum absolute atomic E-state index is 0.157. The molecule has 0 bridgehead atoms. The number of aromatic nitrogens is 2. The number of anilines is 2. The first-order chi connectivity index (χ1) is 9.13. The summed E-state index contributed by atoms with van der Waals surface area (Å²) >= 11 is 10.7. The van der Waals surface area contributed by atoms with E-state index < -0.39 is 0 Å². The molecule has 0 aliphatic carbocycles. The van der Waals surface area contributed by atoms with Gasteiger partial charge in [-0.1, -0.05) is 0 Å². The Kier molecular flexibility index (Phi) is 3.38. The van der Waals surface area contributed by atoms with Crippen molar-refractivity contribution in [2.45, 2.75) is 0 Å². The van der Waals surface area contributed by atoms with Gasteiger partial charge in [0.05, 0.1) is 11.1 Å². The van der Waals surface area contributed by atoms with Crippen LogP contribution in [0.3, 0.4) is 0 Å². The van der Waals surface area contributed by atoms with Crippen molar-refractivity contribution in [3.63, 3.8) is 0 Å². The highest BCUT2D eigenvalue weighted by Crippen LogP contribution is 2.31. The number of nitrogens with zero attached hydrogens (tertiary/aromatic N) is 2. The van der Waals surface area contributed by atoms with Crippen molar-refractivity contribution < 1.29 is 4.39 Å². The number of halogens is 3. The van der Waals surface area contributed by atoms with Crippen molar-refractivity contribution in [3.8, 4) is 0 Å². The average molecular weight is 359 g/mol. The lowest BCUT2D eigenvalue weighted by Gasteiger charge is -2.09. The molecule has 0 aliphatic rings. The molecule has 0 spiro atoms. The summed E-state index contributed by atoms with van der Waals surface area (Å²) < 4.78 is 14.0. The minimum atomic E-state index is -0.326. The number of thiophene rings is 1. The van der Waals surface area contributed by atoms with E-state index in [0.29, 0.717) is 11.5 Å². The van der Waals surface area contributed by atoms with Gasteiger partial charge in [0.1, 0.15) is 16.5 Å². The molecule has 0 saturated heterocycles. The lowest BCUT2D eigenvalue weighted by Crippen LogP contribution is -1.97. The molecule has 3 nitrogen and oxygen atoms in total. The molecule has 3 rings (SSSR count). The van der Waals surface area contributed by atoms with E-state index in [4.69, 9.17) is 11.6 Å².